The van der Waals surface area contributed by atoms with Gasteiger partial charge in [0, 0.05) is 25.0 Å². The first kappa shape index (κ1) is 9.96. The lowest BCUT2D eigenvalue weighted by Gasteiger charge is -2.33. The Morgan fingerprint density at radius 1 is 1.33 bits per heavy atom. The van der Waals surface area contributed by atoms with Gasteiger partial charge in [0.15, 0.2) is 0 Å². The van der Waals surface area contributed by atoms with Gasteiger partial charge in [-0.3, -0.25) is 0 Å². The quantitative estimate of drug-likeness (QED) is 0.611. The van der Waals surface area contributed by atoms with E-state index in [0.717, 1.165) is 13.1 Å². The van der Waals surface area contributed by atoms with Crippen molar-refractivity contribution in [3.8, 4) is 0 Å². The van der Waals surface area contributed by atoms with Crippen LogP contribution >= 0.6 is 0 Å². The van der Waals surface area contributed by atoms with Crippen LogP contribution in [0, 0.1) is 5.92 Å². The SMILES string of the molecule is CN(C)[C@@H]1CNC[C@H]1C(C)(C)O. The lowest BCUT2D eigenvalue weighted by Crippen LogP contribution is -2.45. The molecule has 0 aliphatic carbocycles. The second-order valence-electron chi connectivity index (χ2n) is 4.45. The minimum Gasteiger partial charge on any atom is -0.390 e. The minimum absolute atomic E-state index is 0.340. The predicted octanol–water partition coefficient (Wildman–Crippen LogP) is -0.0931. The number of rotatable bonds is 2. The van der Waals surface area contributed by atoms with Gasteiger partial charge in [0.25, 0.3) is 0 Å². The first-order chi connectivity index (χ1) is 5.43. The summed E-state index contributed by atoms with van der Waals surface area (Å²) in [7, 11) is 4.13. The number of hydrogen-bond acceptors (Lipinski definition) is 3. The molecule has 12 heavy (non-hydrogen) atoms. The maximum absolute atomic E-state index is 9.87. The summed E-state index contributed by atoms with van der Waals surface area (Å²) in [5.41, 5.74) is -0.571. The zero-order valence-corrected chi connectivity index (χ0v) is 8.46. The molecule has 1 rings (SSSR count). The van der Waals surface area contributed by atoms with Crippen molar-refractivity contribution in [2.45, 2.75) is 25.5 Å². The van der Waals surface area contributed by atoms with Crippen LogP contribution in [0.2, 0.25) is 0 Å². The molecule has 3 nitrogen and oxygen atoms in total. The smallest absolute Gasteiger partial charge is 0.0647 e. The Kier molecular flexibility index (Phi) is 2.76. The molecule has 0 aromatic rings. The molecule has 0 radical (unpaired) electrons. The van der Waals surface area contributed by atoms with Crippen molar-refractivity contribution in [1.82, 2.24) is 10.2 Å². The fraction of sp³-hybridized carbons (Fsp3) is 1.00. The highest BCUT2D eigenvalue weighted by Gasteiger charge is 2.38. The van der Waals surface area contributed by atoms with Crippen LogP contribution in [0.4, 0.5) is 0 Å². The van der Waals surface area contributed by atoms with Crippen LogP contribution in [-0.2, 0) is 0 Å². The number of nitrogens with one attached hydrogen (secondary N) is 1. The van der Waals surface area contributed by atoms with Crippen molar-refractivity contribution in [3.05, 3.63) is 0 Å². The molecule has 0 unspecified atom stereocenters. The molecule has 2 N–H and O–H groups in total. The zero-order chi connectivity index (χ0) is 9.35. The van der Waals surface area contributed by atoms with Crippen molar-refractivity contribution in [2.75, 3.05) is 27.2 Å². The van der Waals surface area contributed by atoms with Crippen molar-refractivity contribution < 1.29 is 5.11 Å². The van der Waals surface area contributed by atoms with Gasteiger partial charge in [-0.15, -0.1) is 0 Å². The average Bonchev–Trinajstić information content (AvgIpc) is 2.30. The Balaban J connectivity index is 2.64. The van der Waals surface area contributed by atoms with Crippen molar-refractivity contribution in [2.24, 2.45) is 5.92 Å². The maximum atomic E-state index is 9.87. The molecule has 72 valence electrons. The maximum Gasteiger partial charge on any atom is 0.0647 e. The Hall–Kier alpha value is -0.120. The highest BCUT2D eigenvalue weighted by atomic mass is 16.3. The Morgan fingerprint density at radius 2 is 1.92 bits per heavy atom. The van der Waals surface area contributed by atoms with Crippen molar-refractivity contribution in [1.29, 1.82) is 0 Å². The predicted molar refractivity (Wildman–Crippen MR) is 50.1 cm³/mol. The van der Waals surface area contributed by atoms with Crippen LogP contribution in [-0.4, -0.2) is 48.8 Å². The molecule has 3 heteroatoms. The molecule has 0 saturated carbocycles. The monoisotopic (exact) mass is 172 g/mol. The van der Waals surface area contributed by atoms with Gasteiger partial charge in [-0.25, -0.2) is 0 Å². The molecule has 1 heterocycles. The third-order valence-corrected chi connectivity index (χ3v) is 2.75. The van der Waals surface area contributed by atoms with E-state index in [4.69, 9.17) is 0 Å². The van der Waals surface area contributed by atoms with Crippen LogP contribution in [0.25, 0.3) is 0 Å². The van der Waals surface area contributed by atoms with E-state index in [1.54, 1.807) is 0 Å². The average molecular weight is 172 g/mol. The van der Waals surface area contributed by atoms with Gasteiger partial charge in [-0.2, -0.15) is 0 Å². The second-order valence-corrected chi connectivity index (χ2v) is 4.45. The van der Waals surface area contributed by atoms with Gasteiger partial charge in [-0.1, -0.05) is 0 Å². The van der Waals surface area contributed by atoms with Crippen LogP contribution in [0.1, 0.15) is 13.8 Å². The van der Waals surface area contributed by atoms with Gasteiger partial charge < -0.3 is 15.3 Å². The normalized spacial score (nSPS) is 31.5. The molecule has 0 aromatic carbocycles. The van der Waals surface area contributed by atoms with Gasteiger partial charge in [-0.05, 0) is 27.9 Å². The Bertz CT molecular complexity index is 151. The molecule has 1 aliphatic rings. The van der Waals surface area contributed by atoms with Crippen molar-refractivity contribution in [3.63, 3.8) is 0 Å². The number of hydrogen-bond donors (Lipinski definition) is 2. The van der Waals surface area contributed by atoms with Crippen LogP contribution < -0.4 is 5.32 Å². The van der Waals surface area contributed by atoms with Gasteiger partial charge >= 0.3 is 0 Å². The van der Waals surface area contributed by atoms with Crippen LogP contribution in [0.5, 0.6) is 0 Å². The first-order valence-electron chi connectivity index (χ1n) is 4.52. The van der Waals surface area contributed by atoms with E-state index in [1.165, 1.54) is 0 Å². The molecule has 0 amide bonds. The lowest BCUT2D eigenvalue weighted by atomic mass is 9.86. The third kappa shape index (κ3) is 1.97. The minimum atomic E-state index is -0.571. The summed E-state index contributed by atoms with van der Waals surface area (Å²) in [5, 5.41) is 13.2. The standard InChI is InChI=1S/C9H20N2O/c1-9(2,12)7-5-10-6-8(7)11(3)4/h7-8,10,12H,5-6H2,1-4H3/t7-,8-/m1/s1. The van der Waals surface area contributed by atoms with E-state index in [0.29, 0.717) is 12.0 Å². The zero-order valence-electron chi connectivity index (χ0n) is 8.46. The molecule has 0 spiro atoms. The van der Waals surface area contributed by atoms with Gasteiger partial charge in [0.1, 0.15) is 0 Å². The second kappa shape index (κ2) is 3.32. The summed E-state index contributed by atoms with van der Waals surface area (Å²) >= 11 is 0. The van der Waals surface area contributed by atoms with Crippen molar-refractivity contribution >= 4 is 0 Å². The van der Waals surface area contributed by atoms with Crippen LogP contribution in [0.15, 0.2) is 0 Å². The molecular weight excluding hydrogens is 152 g/mol. The fourth-order valence-electron chi connectivity index (χ4n) is 1.93. The number of nitrogens with zero attached hydrogens (tertiary/aromatic N) is 1. The van der Waals surface area contributed by atoms with E-state index in [-0.39, 0.29) is 0 Å². The molecule has 1 fully saturated rings. The molecule has 1 saturated heterocycles. The summed E-state index contributed by atoms with van der Waals surface area (Å²) < 4.78 is 0. The highest BCUT2D eigenvalue weighted by Crippen LogP contribution is 2.25. The third-order valence-electron chi connectivity index (χ3n) is 2.75. The topological polar surface area (TPSA) is 35.5 Å². The summed E-state index contributed by atoms with van der Waals surface area (Å²) in [6.45, 7) is 5.69. The van der Waals surface area contributed by atoms with E-state index >= 15 is 0 Å². The number of aliphatic hydroxyl groups is 1. The van der Waals surface area contributed by atoms with Gasteiger partial charge in [0.2, 0.25) is 0 Å². The lowest BCUT2D eigenvalue weighted by molar-refractivity contribution is -0.000472. The number of likely N-dealkylation sites (N-methyl/N-ethyl adjacent to an activating group) is 1. The first-order valence-corrected chi connectivity index (χ1v) is 4.52. The van der Waals surface area contributed by atoms with E-state index in [2.05, 4.69) is 24.3 Å². The Labute approximate surface area is 74.8 Å². The van der Waals surface area contributed by atoms with E-state index in [1.807, 2.05) is 13.8 Å². The molecule has 1 aliphatic heterocycles. The molecule has 0 bridgehead atoms. The van der Waals surface area contributed by atoms with E-state index in [9.17, 15) is 5.11 Å². The highest BCUT2D eigenvalue weighted by molar-refractivity contribution is 4.94. The molecular formula is C9H20N2O. The summed E-state index contributed by atoms with van der Waals surface area (Å²) in [6.07, 6.45) is 0. The summed E-state index contributed by atoms with van der Waals surface area (Å²) in [5.74, 6) is 0.340. The van der Waals surface area contributed by atoms with Gasteiger partial charge in [0.05, 0.1) is 5.60 Å². The summed E-state index contributed by atoms with van der Waals surface area (Å²) in [6, 6.07) is 0.463. The molecule has 0 aromatic heterocycles. The molecule has 2 atom stereocenters. The van der Waals surface area contributed by atoms with Crippen LogP contribution in [0.3, 0.4) is 0 Å². The largest absolute Gasteiger partial charge is 0.390 e. The Morgan fingerprint density at radius 3 is 2.25 bits per heavy atom. The fourth-order valence-corrected chi connectivity index (χ4v) is 1.93. The summed E-state index contributed by atoms with van der Waals surface area (Å²) in [4.78, 5) is 2.18. The van der Waals surface area contributed by atoms with E-state index < -0.39 is 5.60 Å².